The molecule has 5 nitrogen and oxygen atoms in total. The van der Waals surface area contributed by atoms with Gasteiger partial charge in [0, 0.05) is 24.3 Å². The minimum atomic E-state index is 0.590. The Bertz CT molecular complexity index is 552. The fourth-order valence-electron chi connectivity index (χ4n) is 2.65. The maximum Gasteiger partial charge on any atom is 0.163 e. The Morgan fingerprint density at radius 3 is 2.40 bits per heavy atom. The molecule has 1 saturated heterocycles. The van der Waals surface area contributed by atoms with Gasteiger partial charge in [-0.25, -0.2) is 0 Å². The van der Waals surface area contributed by atoms with Crippen molar-refractivity contribution in [3.05, 3.63) is 30.6 Å². The molecule has 1 N–H and O–H groups in total. The summed E-state index contributed by atoms with van der Waals surface area (Å²) in [5, 5.41) is 11.7. The normalized spacial score (nSPS) is 17.3. The van der Waals surface area contributed by atoms with Crippen LogP contribution in [0.2, 0.25) is 0 Å². The monoisotopic (exact) mass is 271 g/mol. The number of aromatic nitrogens is 3. The molecular weight excluding hydrogens is 250 g/mol. The van der Waals surface area contributed by atoms with Crippen LogP contribution < -0.4 is 5.32 Å². The van der Waals surface area contributed by atoms with E-state index in [1.54, 1.807) is 6.33 Å². The minimum Gasteiger partial charge on any atom is -0.382 e. The van der Waals surface area contributed by atoms with Crippen LogP contribution in [0.1, 0.15) is 12.8 Å². The zero-order valence-corrected chi connectivity index (χ0v) is 12.1. The minimum absolute atomic E-state index is 0.590. The van der Waals surface area contributed by atoms with Crippen molar-refractivity contribution in [3.63, 3.8) is 0 Å². The third kappa shape index (κ3) is 2.82. The number of benzene rings is 1. The number of rotatable bonds is 3. The third-order valence-electron chi connectivity index (χ3n) is 3.94. The van der Waals surface area contributed by atoms with Crippen LogP contribution in [-0.2, 0) is 7.05 Å². The highest BCUT2D eigenvalue weighted by Crippen LogP contribution is 2.21. The lowest BCUT2D eigenvalue weighted by atomic mass is 10.0. The van der Waals surface area contributed by atoms with Gasteiger partial charge in [-0.05, 0) is 57.2 Å². The summed E-state index contributed by atoms with van der Waals surface area (Å²) in [5.74, 6) is 0.899. The third-order valence-corrected chi connectivity index (χ3v) is 3.94. The van der Waals surface area contributed by atoms with Gasteiger partial charge in [0.05, 0.1) is 0 Å². The van der Waals surface area contributed by atoms with Gasteiger partial charge < -0.3 is 14.8 Å². The van der Waals surface area contributed by atoms with E-state index < -0.39 is 0 Å². The van der Waals surface area contributed by atoms with Crippen LogP contribution in [-0.4, -0.2) is 45.8 Å². The van der Waals surface area contributed by atoms with Crippen molar-refractivity contribution in [1.29, 1.82) is 0 Å². The quantitative estimate of drug-likeness (QED) is 0.927. The first-order chi connectivity index (χ1) is 9.72. The number of nitrogens with one attached hydrogen (secondary N) is 1. The predicted octanol–water partition coefficient (Wildman–Crippen LogP) is 1.99. The Balaban J connectivity index is 1.66. The van der Waals surface area contributed by atoms with Crippen LogP contribution in [0.25, 0.3) is 11.4 Å². The topological polar surface area (TPSA) is 46.0 Å². The summed E-state index contributed by atoms with van der Waals surface area (Å²) < 4.78 is 1.93. The van der Waals surface area contributed by atoms with Gasteiger partial charge >= 0.3 is 0 Å². The summed E-state index contributed by atoms with van der Waals surface area (Å²) in [7, 11) is 4.14. The molecule has 0 spiro atoms. The molecule has 0 saturated carbocycles. The van der Waals surface area contributed by atoms with Gasteiger partial charge in [0.1, 0.15) is 6.33 Å². The summed E-state index contributed by atoms with van der Waals surface area (Å²) in [6, 6.07) is 9.04. The first kappa shape index (κ1) is 13.1. The van der Waals surface area contributed by atoms with Crippen LogP contribution in [0.4, 0.5) is 5.69 Å². The van der Waals surface area contributed by atoms with Crippen molar-refractivity contribution in [2.45, 2.75) is 18.9 Å². The average molecular weight is 271 g/mol. The van der Waals surface area contributed by atoms with E-state index in [0.717, 1.165) is 11.4 Å². The SMILES string of the molecule is CN1CCC(Nc2ccc(-c3nncn3C)cc2)CC1. The Morgan fingerprint density at radius 2 is 1.80 bits per heavy atom. The fourth-order valence-corrected chi connectivity index (χ4v) is 2.65. The summed E-state index contributed by atoms with van der Waals surface area (Å²) in [5.41, 5.74) is 2.28. The van der Waals surface area contributed by atoms with Crippen LogP contribution in [0.5, 0.6) is 0 Å². The van der Waals surface area contributed by atoms with Crippen LogP contribution in [0.15, 0.2) is 30.6 Å². The number of anilines is 1. The summed E-state index contributed by atoms with van der Waals surface area (Å²) in [4.78, 5) is 2.38. The van der Waals surface area contributed by atoms with Gasteiger partial charge in [-0.3, -0.25) is 0 Å². The van der Waals surface area contributed by atoms with Crippen molar-refractivity contribution < 1.29 is 0 Å². The second-order valence-electron chi connectivity index (χ2n) is 5.56. The molecule has 0 atom stereocenters. The van der Waals surface area contributed by atoms with Gasteiger partial charge in [-0.2, -0.15) is 0 Å². The Labute approximate surface area is 119 Å². The van der Waals surface area contributed by atoms with E-state index in [4.69, 9.17) is 0 Å². The molecule has 20 heavy (non-hydrogen) atoms. The highest BCUT2D eigenvalue weighted by atomic mass is 15.2. The number of hydrogen-bond donors (Lipinski definition) is 1. The van der Waals surface area contributed by atoms with E-state index in [9.17, 15) is 0 Å². The van der Waals surface area contributed by atoms with Gasteiger partial charge in [0.2, 0.25) is 0 Å². The fraction of sp³-hybridized carbons (Fsp3) is 0.467. The van der Waals surface area contributed by atoms with Crippen molar-refractivity contribution >= 4 is 5.69 Å². The number of nitrogens with zero attached hydrogens (tertiary/aromatic N) is 4. The molecule has 1 aliphatic heterocycles. The first-order valence-electron chi connectivity index (χ1n) is 7.12. The molecule has 0 amide bonds. The summed E-state index contributed by atoms with van der Waals surface area (Å²) >= 11 is 0. The lowest BCUT2D eigenvalue weighted by Crippen LogP contribution is -2.36. The van der Waals surface area contributed by atoms with E-state index in [1.165, 1.54) is 31.6 Å². The van der Waals surface area contributed by atoms with E-state index in [-0.39, 0.29) is 0 Å². The summed E-state index contributed by atoms with van der Waals surface area (Å²) in [6.07, 6.45) is 4.14. The van der Waals surface area contributed by atoms with Crippen molar-refractivity contribution in [3.8, 4) is 11.4 Å². The molecule has 0 radical (unpaired) electrons. The van der Waals surface area contributed by atoms with Crippen molar-refractivity contribution in [2.24, 2.45) is 7.05 Å². The summed E-state index contributed by atoms with van der Waals surface area (Å²) in [6.45, 7) is 2.35. The molecule has 1 aromatic heterocycles. The number of hydrogen-bond acceptors (Lipinski definition) is 4. The smallest absolute Gasteiger partial charge is 0.163 e. The molecular formula is C15H21N5. The maximum atomic E-state index is 4.13. The standard InChI is InChI=1S/C15H21N5/c1-19-9-7-14(8-10-19)17-13-5-3-12(4-6-13)15-18-16-11-20(15)2/h3-6,11,14,17H,7-10H2,1-2H3. The lowest BCUT2D eigenvalue weighted by Gasteiger charge is -2.30. The zero-order valence-electron chi connectivity index (χ0n) is 12.1. The molecule has 2 aromatic rings. The van der Waals surface area contributed by atoms with Crippen molar-refractivity contribution in [2.75, 3.05) is 25.5 Å². The molecule has 106 valence electrons. The molecule has 1 aliphatic rings. The van der Waals surface area contributed by atoms with Crippen LogP contribution in [0.3, 0.4) is 0 Å². The molecule has 0 aliphatic carbocycles. The van der Waals surface area contributed by atoms with E-state index >= 15 is 0 Å². The first-order valence-corrected chi connectivity index (χ1v) is 7.12. The average Bonchev–Trinajstić information content (AvgIpc) is 2.89. The predicted molar refractivity (Wildman–Crippen MR) is 80.6 cm³/mol. The highest BCUT2D eigenvalue weighted by molar-refractivity contribution is 5.59. The van der Waals surface area contributed by atoms with Crippen LogP contribution >= 0.6 is 0 Å². The van der Waals surface area contributed by atoms with Gasteiger partial charge in [-0.1, -0.05) is 0 Å². The van der Waals surface area contributed by atoms with Crippen LogP contribution in [0, 0.1) is 0 Å². The van der Waals surface area contributed by atoms with Gasteiger partial charge in [0.15, 0.2) is 5.82 Å². The zero-order chi connectivity index (χ0) is 13.9. The number of aryl methyl sites for hydroxylation is 1. The molecule has 3 rings (SSSR count). The van der Waals surface area contributed by atoms with E-state index in [1.807, 2.05) is 11.6 Å². The van der Waals surface area contributed by atoms with Gasteiger partial charge in [-0.15, -0.1) is 10.2 Å². The lowest BCUT2D eigenvalue weighted by molar-refractivity contribution is 0.264. The molecule has 2 heterocycles. The van der Waals surface area contributed by atoms with Crippen molar-refractivity contribution in [1.82, 2.24) is 19.7 Å². The molecule has 1 aromatic carbocycles. The molecule has 5 heteroatoms. The second-order valence-corrected chi connectivity index (χ2v) is 5.56. The molecule has 0 unspecified atom stereocenters. The van der Waals surface area contributed by atoms with Gasteiger partial charge in [0.25, 0.3) is 0 Å². The van der Waals surface area contributed by atoms with E-state index in [2.05, 4.69) is 51.7 Å². The second kappa shape index (κ2) is 5.63. The molecule has 0 bridgehead atoms. The Kier molecular flexibility index (Phi) is 3.69. The Hall–Kier alpha value is -1.88. The highest BCUT2D eigenvalue weighted by Gasteiger charge is 2.16. The Morgan fingerprint density at radius 1 is 1.10 bits per heavy atom. The molecule has 1 fully saturated rings. The number of piperidine rings is 1. The van der Waals surface area contributed by atoms with E-state index in [0.29, 0.717) is 6.04 Å². The largest absolute Gasteiger partial charge is 0.382 e. The maximum absolute atomic E-state index is 4.13. The number of likely N-dealkylation sites (tertiary alicyclic amines) is 1.